The third-order valence-corrected chi connectivity index (χ3v) is 3.20. The van der Waals surface area contributed by atoms with E-state index in [0.717, 1.165) is 0 Å². The van der Waals surface area contributed by atoms with Crippen LogP contribution in [0.1, 0.15) is 27.4 Å². The second kappa shape index (κ2) is 6.19. The number of aliphatic carboxylic acids is 1. The molecule has 0 radical (unpaired) electrons. The summed E-state index contributed by atoms with van der Waals surface area (Å²) in [6, 6.07) is 12.1. The fraction of sp³-hybridized carbons (Fsp3) is 0.125. The molecule has 0 heterocycles. The van der Waals surface area contributed by atoms with E-state index in [1.807, 2.05) is 0 Å². The molecule has 0 aromatic heterocycles. The maximum absolute atomic E-state index is 12.2. The van der Waals surface area contributed by atoms with Crippen molar-refractivity contribution in [1.82, 2.24) is 0 Å². The van der Waals surface area contributed by atoms with Crippen LogP contribution in [0.4, 0.5) is 0 Å². The Morgan fingerprint density at radius 3 is 2.14 bits per heavy atom. The number of hydrogen-bond acceptors (Lipinski definition) is 4. The normalized spacial score (nSPS) is 11.9. The van der Waals surface area contributed by atoms with Gasteiger partial charge in [-0.2, -0.15) is 0 Å². The molecule has 108 valence electrons. The average Bonchev–Trinajstić information content (AvgIpc) is 2.48. The van der Waals surface area contributed by atoms with E-state index in [4.69, 9.17) is 10.2 Å². The summed E-state index contributed by atoms with van der Waals surface area (Å²) in [5.74, 6) is -2.60. The highest BCUT2D eigenvalue weighted by molar-refractivity contribution is 6.10. The third-order valence-electron chi connectivity index (χ3n) is 3.20. The Balaban J connectivity index is 2.29. The van der Waals surface area contributed by atoms with Gasteiger partial charge in [-0.15, -0.1) is 0 Å². The number of carbonyl (C=O) groups excluding carboxylic acids is 1. The van der Waals surface area contributed by atoms with E-state index in [1.54, 1.807) is 12.1 Å². The molecule has 0 fully saturated rings. The first kappa shape index (κ1) is 14.7. The number of aromatic hydroxyl groups is 1. The Bertz CT molecular complexity index is 661. The van der Waals surface area contributed by atoms with Gasteiger partial charge in [0.1, 0.15) is 11.7 Å². The smallest absolute Gasteiger partial charge is 0.313 e. The molecular formula is C16H14O5. The van der Waals surface area contributed by atoms with Crippen LogP contribution in [0.25, 0.3) is 0 Å². The van der Waals surface area contributed by atoms with Crippen molar-refractivity contribution in [3.8, 4) is 5.75 Å². The van der Waals surface area contributed by atoms with Gasteiger partial charge in [0, 0.05) is 5.56 Å². The molecule has 0 saturated heterocycles. The van der Waals surface area contributed by atoms with Gasteiger partial charge < -0.3 is 15.3 Å². The molecule has 2 aromatic rings. The molecule has 0 saturated carbocycles. The molecule has 0 bridgehead atoms. The van der Waals surface area contributed by atoms with E-state index >= 15 is 0 Å². The van der Waals surface area contributed by atoms with Crippen LogP contribution < -0.4 is 0 Å². The SMILES string of the molecule is O=C(c1ccc(C(CO)C(=O)O)cc1)c1ccccc1O. The lowest BCUT2D eigenvalue weighted by atomic mass is 9.96. The molecule has 0 aliphatic rings. The molecule has 5 heteroatoms. The van der Waals surface area contributed by atoms with Crippen LogP contribution in [-0.2, 0) is 4.79 Å². The minimum Gasteiger partial charge on any atom is -0.507 e. The number of hydrogen-bond donors (Lipinski definition) is 3. The van der Waals surface area contributed by atoms with Crippen LogP contribution in [0.2, 0.25) is 0 Å². The van der Waals surface area contributed by atoms with Crippen molar-refractivity contribution in [2.24, 2.45) is 0 Å². The predicted octanol–water partition coefficient (Wildman–Crippen LogP) is 1.78. The Labute approximate surface area is 121 Å². The first-order valence-corrected chi connectivity index (χ1v) is 6.31. The number of carboxylic acid groups (broad SMARTS) is 1. The highest BCUT2D eigenvalue weighted by Gasteiger charge is 2.19. The van der Waals surface area contributed by atoms with E-state index in [9.17, 15) is 14.7 Å². The molecule has 0 aliphatic carbocycles. The largest absolute Gasteiger partial charge is 0.507 e. The quantitative estimate of drug-likeness (QED) is 0.728. The standard InChI is InChI=1S/C16H14O5/c17-9-13(16(20)21)10-5-7-11(8-6-10)15(19)12-3-1-2-4-14(12)18/h1-8,13,17-18H,9H2,(H,20,21). The van der Waals surface area contributed by atoms with Crippen molar-refractivity contribution in [3.63, 3.8) is 0 Å². The third kappa shape index (κ3) is 3.09. The van der Waals surface area contributed by atoms with E-state index in [1.165, 1.54) is 36.4 Å². The van der Waals surface area contributed by atoms with E-state index in [2.05, 4.69) is 0 Å². The molecule has 21 heavy (non-hydrogen) atoms. The lowest BCUT2D eigenvalue weighted by Crippen LogP contribution is -2.15. The number of aliphatic hydroxyl groups excluding tert-OH is 1. The van der Waals surface area contributed by atoms with Gasteiger partial charge in [0.25, 0.3) is 0 Å². The monoisotopic (exact) mass is 286 g/mol. The Kier molecular flexibility index (Phi) is 4.35. The van der Waals surface area contributed by atoms with Crippen LogP contribution in [0.3, 0.4) is 0 Å². The van der Waals surface area contributed by atoms with Crippen LogP contribution in [0.15, 0.2) is 48.5 Å². The van der Waals surface area contributed by atoms with Crippen molar-refractivity contribution in [2.75, 3.05) is 6.61 Å². The second-order valence-corrected chi connectivity index (χ2v) is 4.54. The highest BCUT2D eigenvalue weighted by atomic mass is 16.4. The van der Waals surface area contributed by atoms with Gasteiger partial charge in [0.15, 0.2) is 5.78 Å². The minimum atomic E-state index is -1.13. The highest BCUT2D eigenvalue weighted by Crippen LogP contribution is 2.22. The van der Waals surface area contributed by atoms with Crippen LogP contribution in [-0.4, -0.2) is 33.7 Å². The van der Waals surface area contributed by atoms with Gasteiger partial charge in [-0.3, -0.25) is 9.59 Å². The summed E-state index contributed by atoms with van der Waals surface area (Å²) in [7, 11) is 0. The number of aliphatic hydroxyl groups is 1. The van der Waals surface area contributed by atoms with E-state index < -0.39 is 18.5 Å². The zero-order chi connectivity index (χ0) is 15.4. The summed E-state index contributed by atoms with van der Waals surface area (Å²) >= 11 is 0. The topological polar surface area (TPSA) is 94.8 Å². The van der Waals surface area contributed by atoms with Crippen molar-refractivity contribution in [1.29, 1.82) is 0 Å². The van der Waals surface area contributed by atoms with E-state index in [0.29, 0.717) is 11.1 Å². The number of rotatable bonds is 5. The van der Waals surface area contributed by atoms with Crippen LogP contribution >= 0.6 is 0 Å². The number of carbonyl (C=O) groups is 2. The fourth-order valence-electron chi connectivity index (χ4n) is 2.01. The summed E-state index contributed by atoms with van der Waals surface area (Å²) in [6.45, 7) is -0.512. The number of ketones is 1. The Hall–Kier alpha value is -2.66. The van der Waals surface area contributed by atoms with Gasteiger partial charge >= 0.3 is 5.97 Å². The lowest BCUT2D eigenvalue weighted by molar-refractivity contribution is -0.139. The molecule has 0 amide bonds. The molecule has 5 nitrogen and oxygen atoms in total. The van der Waals surface area contributed by atoms with Crippen molar-refractivity contribution < 1.29 is 24.9 Å². The zero-order valence-electron chi connectivity index (χ0n) is 11.1. The summed E-state index contributed by atoms with van der Waals surface area (Å²) in [5.41, 5.74) is 0.934. The van der Waals surface area contributed by atoms with Gasteiger partial charge in [-0.05, 0) is 17.7 Å². The van der Waals surface area contributed by atoms with Gasteiger partial charge in [0.2, 0.25) is 0 Å². The molecule has 0 aliphatic heterocycles. The molecule has 2 aromatic carbocycles. The number of carboxylic acids is 1. The summed E-state index contributed by atoms with van der Waals surface area (Å²) in [5, 5.41) is 27.7. The number of para-hydroxylation sites is 1. The van der Waals surface area contributed by atoms with E-state index in [-0.39, 0.29) is 17.1 Å². The number of phenols is 1. The van der Waals surface area contributed by atoms with Gasteiger partial charge in [0.05, 0.1) is 12.2 Å². The molecule has 1 atom stereocenters. The molecule has 0 spiro atoms. The number of benzene rings is 2. The minimum absolute atomic E-state index is 0.106. The molecule has 3 N–H and O–H groups in total. The first-order chi connectivity index (χ1) is 10.0. The fourth-order valence-corrected chi connectivity index (χ4v) is 2.01. The molecular weight excluding hydrogens is 272 g/mol. The molecule has 1 unspecified atom stereocenters. The van der Waals surface area contributed by atoms with Crippen LogP contribution in [0, 0.1) is 0 Å². The van der Waals surface area contributed by atoms with Gasteiger partial charge in [-0.1, -0.05) is 36.4 Å². The summed E-state index contributed by atoms with van der Waals surface area (Å²) in [4.78, 5) is 23.2. The number of phenolic OH excluding ortho intramolecular Hbond substituents is 1. The lowest BCUT2D eigenvalue weighted by Gasteiger charge is -2.10. The first-order valence-electron chi connectivity index (χ1n) is 6.31. The maximum atomic E-state index is 12.2. The average molecular weight is 286 g/mol. The maximum Gasteiger partial charge on any atom is 0.313 e. The van der Waals surface area contributed by atoms with Gasteiger partial charge in [-0.25, -0.2) is 0 Å². The van der Waals surface area contributed by atoms with Crippen LogP contribution in [0.5, 0.6) is 5.75 Å². The van der Waals surface area contributed by atoms with Crippen molar-refractivity contribution >= 4 is 11.8 Å². The summed E-state index contributed by atoms with van der Waals surface area (Å²) in [6.07, 6.45) is 0. The molecule has 2 rings (SSSR count). The second-order valence-electron chi connectivity index (χ2n) is 4.54. The zero-order valence-corrected chi connectivity index (χ0v) is 11.1. The van der Waals surface area contributed by atoms with Crippen molar-refractivity contribution in [2.45, 2.75) is 5.92 Å². The predicted molar refractivity (Wildman–Crippen MR) is 75.4 cm³/mol. The summed E-state index contributed by atoms with van der Waals surface area (Å²) < 4.78 is 0. The Morgan fingerprint density at radius 1 is 1.00 bits per heavy atom. The van der Waals surface area contributed by atoms with Crippen molar-refractivity contribution in [3.05, 3.63) is 65.2 Å². The Morgan fingerprint density at radius 2 is 1.62 bits per heavy atom.